The van der Waals surface area contributed by atoms with Crippen molar-refractivity contribution in [2.24, 2.45) is 5.73 Å². The minimum atomic E-state index is -0.190. The quantitative estimate of drug-likeness (QED) is 0.864. The molecule has 2 heteroatoms. The first-order valence-corrected chi connectivity index (χ1v) is 6.98. The van der Waals surface area contributed by atoms with Gasteiger partial charge in [0.05, 0.1) is 0 Å². The summed E-state index contributed by atoms with van der Waals surface area (Å²) in [6.45, 7) is 4.43. The molecule has 2 atom stereocenters. The summed E-state index contributed by atoms with van der Waals surface area (Å²) in [5.41, 5.74) is 7.40. The maximum atomic E-state index is 9.42. The van der Waals surface area contributed by atoms with E-state index in [1.165, 1.54) is 16.3 Å². The van der Waals surface area contributed by atoms with Gasteiger partial charge in [-0.2, -0.15) is 0 Å². The summed E-state index contributed by atoms with van der Waals surface area (Å²) in [5.74, 6) is 0. The van der Waals surface area contributed by atoms with Crippen molar-refractivity contribution in [3.8, 4) is 0 Å². The number of hydrogen-bond acceptors (Lipinski definition) is 2. The topological polar surface area (TPSA) is 46.2 Å². The van der Waals surface area contributed by atoms with Crippen molar-refractivity contribution in [1.29, 1.82) is 0 Å². The van der Waals surface area contributed by atoms with E-state index >= 15 is 0 Å². The molecular weight excluding hydrogens is 234 g/mol. The lowest BCUT2D eigenvalue weighted by Gasteiger charge is -2.36. The Balaban J connectivity index is 2.62. The third-order valence-electron chi connectivity index (χ3n) is 4.29. The van der Waals surface area contributed by atoms with Crippen molar-refractivity contribution in [2.75, 3.05) is 6.61 Å². The highest BCUT2D eigenvalue weighted by molar-refractivity contribution is 5.86. The SMILES string of the molecule is CCC(N)C(C)(CCO)c1cccc2ccccc12. The molecule has 0 saturated carbocycles. The second-order valence-electron chi connectivity index (χ2n) is 5.43. The van der Waals surface area contributed by atoms with E-state index in [1.54, 1.807) is 0 Å². The van der Waals surface area contributed by atoms with Crippen LogP contribution in [0.3, 0.4) is 0 Å². The number of hydrogen-bond donors (Lipinski definition) is 2. The second kappa shape index (κ2) is 5.72. The molecule has 0 radical (unpaired) electrons. The van der Waals surface area contributed by atoms with Gasteiger partial charge in [-0.3, -0.25) is 0 Å². The number of aliphatic hydroxyl groups excluding tert-OH is 1. The summed E-state index contributed by atoms with van der Waals surface area (Å²) in [5, 5.41) is 11.9. The largest absolute Gasteiger partial charge is 0.396 e. The molecule has 3 N–H and O–H groups in total. The van der Waals surface area contributed by atoms with Crippen LogP contribution in [0.1, 0.15) is 32.3 Å². The molecule has 0 spiro atoms. The van der Waals surface area contributed by atoms with E-state index in [-0.39, 0.29) is 18.1 Å². The number of rotatable bonds is 5. The number of benzene rings is 2. The normalized spacial score (nSPS) is 16.2. The molecule has 0 fully saturated rings. The van der Waals surface area contributed by atoms with Gasteiger partial charge in [0.15, 0.2) is 0 Å². The van der Waals surface area contributed by atoms with Crippen LogP contribution in [0.4, 0.5) is 0 Å². The Kier molecular flexibility index (Phi) is 4.23. The van der Waals surface area contributed by atoms with Crippen LogP contribution in [-0.4, -0.2) is 17.8 Å². The fourth-order valence-corrected chi connectivity index (χ4v) is 2.93. The Morgan fingerprint density at radius 1 is 1.16 bits per heavy atom. The fourth-order valence-electron chi connectivity index (χ4n) is 2.93. The number of nitrogens with two attached hydrogens (primary N) is 1. The van der Waals surface area contributed by atoms with Gasteiger partial charge < -0.3 is 10.8 Å². The summed E-state index contributed by atoms with van der Waals surface area (Å²) < 4.78 is 0. The maximum absolute atomic E-state index is 9.42. The van der Waals surface area contributed by atoms with Crippen LogP contribution >= 0.6 is 0 Å². The van der Waals surface area contributed by atoms with E-state index in [0.717, 1.165) is 6.42 Å². The zero-order chi connectivity index (χ0) is 13.9. The van der Waals surface area contributed by atoms with E-state index < -0.39 is 0 Å². The van der Waals surface area contributed by atoms with Crippen molar-refractivity contribution in [3.05, 3.63) is 48.0 Å². The highest BCUT2D eigenvalue weighted by Gasteiger charge is 2.33. The van der Waals surface area contributed by atoms with Gasteiger partial charge >= 0.3 is 0 Å². The zero-order valence-corrected chi connectivity index (χ0v) is 11.8. The molecule has 19 heavy (non-hydrogen) atoms. The minimum Gasteiger partial charge on any atom is -0.396 e. The van der Waals surface area contributed by atoms with Crippen LogP contribution in [0.2, 0.25) is 0 Å². The van der Waals surface area contributed by atoms with Gasteiger partial charge in [0, 0.05) is 18.1 Å². The van der Waals surface area contributed by atoms with Crippen LogP contribution in [0, 0.1) is 0 Å². The van der Waals surface area contributed by atoms with Gasteiger partial charge in [0.25, 0.3) is 0 Å². The van der Waals surface area contributed by atoms with Crippen LogP contribution in [0.5, 0.6) is 0 Å². The zero-order valence-electron chi connectivity index (χ0n) is 11.8. The molecule has 2 aromatic carbocycles. The van der Waals surface area contributed by atoms with E-state index in [9.17, 15) is 5.11 Å². The van der Waals surface area contributed by atoms with Crippen LogP contribution in [-0.2, 0) is 5.41 Å². The molecule has 0 aromatic heterocycles. The van der Waals surface area contributed by atoms with E-state index in [1.807, 2.05) is 0 Å². The predicted octanol–water partition coefficient (Wildman–Crippen LogP) is 3.22. The number of fused-ring (bicyclic) bond motifs is 1. The molecule has 0 aliphatic heterocycles. The Bertz CT molecular complexity index is 546. The van der Waals surface area contributed by atoms with E-state index in [2.05, 4.69) is 56.3 Å². The molecule has 0 aliphatic carbocycles. The van der Waals surface area contributed by atoms with Gasteiger partial charge in [0.2, 0.25) is 0 Å². The summed E-state index contributed by atoms with van der Waals surface area (Å²) in [6.07, 6.45) is 1.59. The standard InChI is InChI=1S/C17H23NO/c1-3-16(18)17(2,11-12-19)15-10-6-8-13-7-4-5-9-14(13)15/h4-10,16,19H,3,11-12,18H2,1-2H3. The van der Waals surface area contributed by atoms with E-state index in [4.69, 9.17) is 5.73 Å². The molecule has 0 saturated heterocycles. The van der Waals surface area contributed by atoms with Crippen LogP contribution in [0.25, 0.3) is 10.8 Å². The number of aliphatic hydroxyl groups is 1. The predicted molar refractivity (Wildman–Crippen MR) is 81.3 cm³/mol. The van der Waals surface area contributed by atoms with Crippen molar-refractivity contribution in [1.82, 2.24) is 0 Å². The fraction of sp³-hybridized carbons (Fsp3) is 0.412. The smallest absolute Gasteiger partial charge is 0.0440 e. The van der Waals surface area contributed by atoms with Crippen LogP contribution < -0.4 is 5.73 Å². The van der Waals surface area contributed by atoms with Gasteiger partial charge in [0.1, 0.15) is 0 Å². The molecule has 2 aromatic rings. The lowest BCUT2D eigenvalue weighted by atomic mass is 9.71. The Morgan fingerprint density at radius 3 is 2.53 bits per heavy atom. The van der Waals surface area contributed by atoms with Crippen LogP contribution in [0.15, 0.2) is 42.5 Å². The van der Waals surface area contributed by atoms with Gasteiger partial charge in [-0.1, -0.05) is 56.3 Å². The average molecular weight is 257 g/mol. The lowest BCUT2D eigenvalue weighted by Crippen LogP contribution is -2.43. The molecule has 2 unspecified atom stereocenters. The van der Waals surface area contributed by atoms with Crippen molar-refractivity contribution in [2.45, 2.75) is 38.1 Å². The molecule has 2 rings (SSSR count). The van der Waals surface area contributed by atoms with Crippen molar-refractivity contribution < 1.29 is 5.11 Å². The van der Waals surface area contributed by atoms with Crippen molar-refractivity contribution >= 4 is 10.8 Å². The van der Waals surface area contributed by atoms with Gasteiger partial charge in [-0.25, -0.2) is 0 Å². The average Bonchev–Trinajstić information content (AvgIpc) is 2.45. The molecule has 0 bridgehead atoms. The maximum Gasteiger partial charge on any atom is 0.0440 e. The molecule has 102 valence electrons. The minimum absolute atomic E-state index is 0.0467. The van der Waals surface area contributed by atoms with Gasteiger partial charge in [-0.05, 0) is 29.2 Å². The first-order valence-electron chi connectivity index (χ1n) is 6.98. The highest BCUT2D eigenvalue weighted by Crippen LogP contribution is 2.36. The summed E-state index contributed by atoms with van der Waals surface area (Å²) in [7, 11) is 0. The molecular formula is C17H23NO. The second-order valence-corrected chi connectivity index (χ2v) is 5.43. The third-order valence-corrected chi connectivity index (χ3v) is 4.29. The Morgan fingerprint density at radius 2 is 1.84 bits per heavy atom. The molecule has 0 aliphatic rings. The Hall–Kier alpha value is -1.38. The highest BCUT2D eigenvalue weighted by atomic mass is 16.3. The first kappa shape index (κ1) is 14.0. The third kappa shape index (κ3) is 2.51. The first-order chi connectivity index (χ1) is 9.13. The molecule has 0 heterocycles. The molecule has 2 nitrogen and oxygen atoms in total. The Labute approximate surface area is 115 Å². The van der Waals surface area contributed by atoms with E-state index in [0.29, 0.717) is 6.42 Å². The summed E-state index contributed by atoms with van der Waals surface area (Å²) >= 11 is 0. The molecule has 0 amide bonds. The lowest BCUT2D eigenvalue weighted by molar-refractivity contribution is 0.224. The summed E-state index contributed by atoms with van der Waals surface area (Å²) in [4.78, 5) is 0. The van der Waals surface area contributed by atoms with Crippen molar-refractivity contribution in [3.63, 3.8) is 0 Å². The monoisotopic (exact) mass is 257 g/mol. The van der Waals surface area contributed by atoms with Gasteiger partial charge in [-0.15, -0.1) is 0 Å². The summed E-state index contributed by atoms with van der Waals surface area (Å²) in [6, 6.07) is 14.8.